The number of sulfone groups is 1. The second-order valence-electron chi connectivity index (χ2n) is 6.54. The Labute approximate surface area is 175 Å². The van der Waals surface area contributed by atoms with Gasteiger partial charge in [0.1, 0.15) is 5.75 Å². The summed E-state index contributed by atoms with van der Waals surface area (Å²) in [5, 5.41) is 1.10. The molecule has 1 atom stereocenters. The maximum absolute atomic E-state index is 12.8. The van der Waals surface area contributed by atoms with Crippen LogP contribution in [0, 0.1) is 0 Å². The van der Waals surface area contributed by atoms with Gasteiger partial charge in [0.2, 0.25) is 0 Å². The summed E-state index contributed by atoms with van der Waals surface area (Å²) in [6.45, 7) is -0.509. The van der Waals surface area contributed by atoms with Crippen LogP contribution in [0.25, 0.3) is 6.08 Å². The van der Waals surface area contributed by atoms with E-state index in [9.17, 15) is 18.0 Å². The highest BCUT2D eigenvalue weighted by Gasteiger charge is 2.31. The Balaban J connectivity index is 1.64. The summed E-state index contributed by atoms with van der Waals surface area (Å²) in [5.41, 5.74) is 1.30. The molecule has 1 unspecified atom stereocenters. The van der Waals surface area contributed by atoms with Crippen LogP contribution >= 0.6 is 0 Å². The summed E-state index contributed by atoms with van der Waals surface area (Å²) in [6.07, 6.45) is 4.25. The molecular weight excluding hydrogens is 406 g/mol. The van der Waals surface area contributed by atoms with Gasteiger partial charge in [0.15, 0.2) is 16.4 Å². The quantitative estimate of drug-likeness (QED) is 0.498. The van der Waals surface area contributed by atoms with Crippen LogP contribution in [0.15, 0.2) is 72.2 Å². The average Bonchev–Trinajstić information content (AvgIpc) is 3.11. The van der Waals surface area contributed by atoms with Crippen LogP contribution in [-0.2, 0) is 24.2 Å². The zero-order valence-corrected chi connectivity index (χ0v) is 17.1. The maximum atomic E-state index is 12.8. The molecule has 0 spiro atoms. The van der Waals surface area contributed by atoms with E-state index < -0.39 is 34.4 Å². The van der Waals surface area contributed by atoms with Crippen molar-refractivity contribution in [2.45, 2.75) is 6.04 Å². The molecule has 1 heterocycles. The Kier molecular flexibility index (Phi) is 6.68. The Hall–Kier alpha value is -3.39. The Bertz CT molecular complexity index is 1060. The predicted octanol–water partition coefficient (Wildman–Crippen LogP) is 2.60. The molecule has 1 aliphatic heterocycles. The van der Waals surface area contributed by atoms with Gasteiger partial charge in [-0.3, -0.25) is 4.79 Å². The number of esters is 1. The van der Waals surface area contributed by atoms with E-state index >= 15 is 0 Å². The molecule has 3 rings (SSSR count). The summed E-state index contributed by atoms with van der Waals surface area (Å²) in [7, 11) is -1.80. The van der Waals surface area contributed by atoms with E-state index in [-0.39, 0.29) is 5.75 Å². The molecule has 2 aromatic carbocycles. The maximum Gasteiger partial charge on any atom is 0.331 e. The van der Waals surface area contributed by atoms with Crippen LogP contribution in [0.1, 0.15) is 5.56 Å². The van der Waals surface area contributed by atoms with Gasteiger partial charge in [-0.2, -0.15) is 0 Å². The second-order valence-corrected chi connectivity index (χ2v) is 8.47. The van der Waals surface area contributed by atoms with Gasteiger partial charge in [0.25, 0.3) is 5.91 Å². The number of carbonyl (C=O) groups excluding carboxylic acids is 2. The van der Waals surface area contributed by atoms with Gasteiger partial charge < -0.3 is 14.4 Å². The highest BCUT2D eigenvalue weighted by Crippen LogP contribution is 2.22. The number of nitrogens with zero attached hydrogens (tertiary/aromatic N) is 1. The Morgan fingerprint density at radius 3 is 2.40 bits per heavy atom. The molecular formula is C22H21NO6S. The SMILES string of the molecule is COc1ccc(/C=C/C(=O)OCC(=O)N(c2ccccc2)C2C=CS(=O)(=O)C2)cc1. The van der Waals surface area contributed by atoms with E-state index in [2.05, 4.69) is 0 Å². The largest absolute Gasteiger partial charge is 0.497 e. The number of amides is 1. The first-order valence-corrected chi connectivity index (χ1v) is 10.9. The topological polar surface area (TPSA) is 90.0 Å². The molecule has 0 N–H and O–H groups in total. The smallest absolute Gasteiger partial charge is 0.331 e. The highest BCUT2D eigenvalue weighted by atomic mass is 32.2. The van der Waals surface area contributed by atoms with E-state index in [0.717, 1.165) is 11.0 Å². The molecule has 1 aliphatic rings. The number of para-hydroxylation sites is 1. The van der Waals surface area contributed by atoms with Crippen molar-refractivity contribution >= 4 is 33.5 Å². The fourth-order valence-electron chi connectivity index (χ4n) is 2.96. The van der Waals surface area contributed by atoms with Crippen molar-refractivity contribution in [1.82, 2.24) is 0 Å². The molecule has 0 radical (unpaired) electrons. The normalized spacial score (nSPS) is 17.0. The molecule has 1 amide bonds. The molecule has 0 aromatic heterocycles. The van der Waals surface area contributed by atoms with Crippen LogP contribution < -0.4 is 9.64 Å². The van der Waals surface area contributed by atoms with Gasteiger partial charge in [-0.05, 0) is 42.0 Å². The molecule has 0 saturated carbocycles. The lowest BCUT2D eigenvalue weighted by molar-refractivity contribution is -0.143. The van der Waals surface area contributed by atoms with Gasteiger partial charge in [0.05, 0.1) is 18.9 Å². The van der Waals surface area contributed by atoms with Crippen molar-refractivity contribution in [2.24, 2.45) is 0 Å². The lowest BCUT2D eigenvalue weighted by Gasteiger charge is -2.27. The number of benzene rings is 2. The zero-order chi connectivity index (χ0) is 21.6. The van der Waals surface area contributed by atoms with Gasteiger partial charge >= 0.3 is 5.97 Å². The molecule has 156 valence electrons. The second kappa shape index (κ2) is 9.41. The molecule has 0 fully saturated rings. The van der Waals surface area contributed by atoms with Crippen LogP contribution in [0.3, 0.4) is 0 Å². The fraction of sp³-hybridized carbons (Fsp3) is 0.182. The van der Waals surface area contributed by atoms with Crippen molar-refractivity contribution in [3.8, 4) is 5.75 Å². The first kappa shape index (κ1) is 21.3. The first-order chi connectivity index (χ1) is 14.4. The lowest BCUT2D eigenvalue weighted by atomic mass is 10.2. The fourth-order valence-corrected chi connectivity index (χ4v) is 4.23. The number of hydrogen-bond donors (Lipinski definition) is 0. The molecule has 7 nitrogen and oxygen atoms in total. The molecule has 2 aromatic rings. The van der Waals surface area contributed by atoms with Crippen molar-refractivity contribution < 1.29 is 27.5 Å². The Morgan fingerprint density at radius 2 is 1.80 bits per heavy atom. The number of ether oxygens (including phenoxy) is 2. The average molecular weight is 427 g/mol. The number of rotatable bonds is 7. The van der Waals surface area contributed by atoms with Crippen molar-refractivity contribution in [3.05, 3.63) is 77.7 Å². The van der Waals surface area contributed by atoms with E-state index in [1.54, 1.807) is 67.8 Å². The predicted molar refractivity (Wildman–Crippen MR) is 114 cm³/mol. The summed E-state index contributed by atoms with van der Waals surface area (Å²) in [4.78, 5) is 26.1. The third-order valence-electron chi connectivity index (χ3n) is 4.41. The molecule has 0 aliphatic carbocycles. The van der Waals surface area contributed by atoms with Crippen LogP contribution in [0.2, 0.25) is 0 Å². The van der Waals surface area contributed by atoms with Crippen molar-refractivity contribution in [3.63, 3.8) is 0 Å². The molecule has 30 heavy (non-hydrogen) atoms. The molecule has 8 heteroatoms. The van der Waals surface area contributed by atoms with Crippen LogP contribution in [0.5, 0.6) is 5.75 Å². The molecule has 0 bridgehead atoms. The third kappa shape index (κ3) is 5.57. The zero-order valence-electron chi connectivity index (χ0n) is 16.3. The van der Waals surface area contributed by atoms with E-state index in [0.29, 0.717) is 11.4 Å². The number of hydrogen-bond acceptors (Lipinski definition) is 6. The summed E-state index contributed by atoms with van der Waals surface area (Å²) >= 11 is 0. The minimum absolute atomic E-state index is 0.209. The standard InChI is InChI=1S/C22H21NO6S/c1-28-20-10-7-17(8-11-20)9-12-22(25)29-15-21(24)23(18-5-3-2-4-6-18)19-13-14-30(26,27)16-19/h2-14,19H,15-16H2,1H3/b12-9+. The number of methoxy groups -OCH3 is 1. The van der Waals surface area contributed by atoms with Gasteiger partial charge in [-0.1, -0.05) is 30.3 Å². The van der Waals surface area contributed by atoms with Crippen molar-refractivity contribution in [2.75, 3.05) is 24.4 Å². The molecule has 0 saturated heterocycles. The van der Waals surface area contributed by atoms with Crippen LogP contribution in [-0.4, -0.2) is 45.8 Å². The number of anilines is 1. The minimum Gasteiger partial charge on any atom is -0.497 e. The minimum atomic E-state index is -3.36. The van der Waals surface area contributed by atoms with E-state index in [1.807, 2.05) is 0 Å². The summed E-state index contributed by atoms with van der Waals surface area (Å²) in [6, 6.07) is 15.1. The summed E-state index contributed by atoms with van der Waals surface area (Å²) < 4.78 is 33.7. The van der Waals surface area contributed by atoms with E-state index in [4.69, 9.17) is 9.47 Å². The van der Waals surface area contributed by atoms with Crippen molar-refractivity contribution in [1.29, 1.82) is 0 Å². The summed E-state index contributed by atoms with van der Waals surface area (Å²) in [5.74, 6) is -0.705. The third-order valence-corrected chi connectivity index (χ3v) is 5.79. The van der Waals surface area contributed by atoms with E-state index in [1.165, 1.54) is 17.1 Å². The van der Waals surface area contributed by atoms with Gasteiger partial charge in [-0.15, -0.1) is 0 Å². The van der Waals surface area contributed by atoms with Gasteiger partial charge in [-0.25, -0.2) is 13.2 Å². The van der Waals surface area contributed by atoms with Crippen LogP contribution in [0.4, 0.5) is 5.69 Å². The number of carbonyl (C=O) groups is 2. The highest BCUT2D eigenvalue weighted by molar-refractivity contribution is 7.94. The monoisotopic (exact) mass is 427 g/mol. The Morgan fingerprint density at radius 1 is 1.10 bits per heavy atom. The lowest BCUT2D eigenvalue weighted by Crippen LogP contribution is -2.43. The van der Waals surface area contributed by atoms with Gasteiger partial charge in [0, 0.05) is 17.2 Å². The first-order valence-electron chi connectivity index (χ1n) is 9.15.